The predicted octanol–water partition coefficient (Wildman–Crippen LogP) is 4.38. The number of amides is 2. The predicted molar refractivity (Wildman–Crippen MR) is 117 cm³/mol. The molecule has 5 nitrogen and oxygen atoms in total. The molecule has 0 aliphatic heterocycles. The monoisotopic (exact) mass is 405 g/mol. The van der Waals surface area contributed by atoms with Crippen LogP contribution in [0.1, 0.15) is 17.2 Å². The van der Waals surface area contributed by atoms with Crippen LogP contribution >= 0.6 is 0 Å². The second-order valence-corrected chi connectivity index (χ2v) is 7.14. The second kappa shape index (κ2) is 9.80. The van der Waals surface area contributed by atoms with Crippen LogP contribution in [0.3, 0.4) is 0 Å². The Morgan fingerprint density at radius 3 is 2.07 bits per heavy atom. The molecule has 0 unspecified atom stereocenters. The molecule has 0 saturated carbocycles. The summed E-state index contributed by atoms with van der Waals surface area (Å²) in [5.74, 6) is -0.909. The molecular formula is C24H24FN3O2. The van der Waals surface area contributed by atoms with E-state index >= 15 is 0 Å². The van der Waals surface area contributed by atoms with E-state index in [0.29, 0.717) is 11.4 Å². The number of hydrogen-bond donors (Lipinski definition) is 2. The van der Waals surface area contributed by atoms with Crippen molar-refractivity contribution < 1.29 is 14.0 Å². The number of nitrogens with zero attached hydrogens (tertiary/aromatic N) is 1. The van der Waals surface area contributed by atoms with E-state index in [2.05, 4.69) is 10.6 Å². The lowest BCUT2D eigenvalue weighted by Crippen LogP contribution is -2.39. The Morgan fingerprint density at radius 2 is 1.43 bits per heavy atom. The number of carbonyl (C=O) groups excluding carboxylic acids is 2. The van der Waals surface area contributed by atoms with Crippen molar-refractivity contribution in [3.63, 3.8) is 0 Å². The molecule has 3 aromatic carbocycles. The summed E-state index contributed by atoms with van der Waals surface area (Å²) >= 11 is 0. The van der Waals surface area contributed by atoms with Crippen LogP contribution in [-0.4, -0.2) is 30.3 Å². The molecule has 154 valence electrons. The van der Waals surface area contributed by atoms with Gasteiger partial charge in [-0.05, 0) is 55.9 Å². The van der Waals surface area contributed by atoms with Crippen molar-refractivity contribution >= 4 is 23.2 Å². The van der Waals surface area contributed by atoms with Crippen LogP contribution in [0.2, 0.25) is 0 Å². The first-order valence-corrected chi connectivity index (χ1v) is 9.60. The topological polar surface area (TPSA) is 61.4 Å². The summed E-state index contributed by atoms with van der Waals surface area (Å²) in [6.45, 7) is 1.99. The zero-order valence-electron chi connectivity index (χ0n) is 16.9. The molecule has 0 radical (unpaired) electrons. The summed E-state index contributed by atoms with van der Waals surface area (Å²) in [4.78, 5) is 27.3. The number of anilines is 2. The van der Waals surface area contributed by atoms with Crippen molar-refractivity contribution in [3.05, 3.63) is 95.8 Å². The number of carbonyl (C=O) groups is 2. The molecule has 6 heteroatoms. The Bertz CT molecular complexity index is 989. The Balaban J connectivity index is 1.74. The van der Waals surface area contributed by atoms with E-state index in [4.69, 9.17) is 0 Å². The first kappa shape index (κ1) is 21.2. The molecule has 0 bridgehead atoms. The van der Waals surface area contributed by atoms with Crippen molar-refractivity contribution in [2.75, 3.05) is 24.2 Å². The summed E-state index contributed by atoms with van der Waals surface area (Å²) in [5, 5.41) is 5.65. The van der Waals surface area contributed by atoms with Gasteiger partial charge in [-0.3, -0.25) is 14.5 Å². The van der Waals surface area contributed by atoms with Crippen LogP contribution in [0.5, 0.6) is 0 Å². The fraction of sp³-hybridized carbons (Fsp3) is 0.167. The molecule has 0 heterocycles. The summed E-state index contributed by atoms with van der Waals surface area (Å²) in [5.41, 5.74) is 3.04. The van der Waals surface area contributed by atoms with E-state index in [0.717, 1.165) is 11.1 Å². The van der Waals surface area contributed by atoms with E-state index in [1.54, 1.807) is 11.9 Å². The standard InChI is InChI=1S/C24H24FN3O2/c1-17-8-12-20(13-9-17)26-22(29)16-28(2)23(18-6-4-3-5-7-18)24(30)27-21-14-10-19(25)11-15-21/h3-15,23H,16H2,1-2H3,(H,26,29)(H,27,30)/t23-/m0/s1. The Morgan fingerprint density at radius 1 is 0.867 bits per heavy atom. The van der Waals surface area contributed by atoms with Gasteiger partial charge < -0.3 is 10.6 Å². The van der Waals surface area contributed by atoms with Crippen LogP contribution < -0.4 is 10.6 Å². The molecule has 3 aromatic rings. The van der Waals surface area contributed by atoms with Gasteiger partial charge in [0.2, 0.25) is 11.8 Å². The zero-order chi connectivity index (χ0) is 21.5. The quantitative estimate of drug-likeness (QED) is 0.613. The molecule has 0 saturated heterocycles. The van der Waals surface area contributed by atoms with Gasteiger partial charge in [0.05, 0.1) is 6.54 Å². The number of likely N-dealkylation sites (N-methyl/N-ethyl adjacent to an activating group) is 1. The highest BCUT2D eigenvalue weighted by atomic mass is 19.1. The summed E-state index contributed by atoms with van der Waals surface area (Å²) in [7, 11) is 1.72. The first-order chi connectivity index (χ1) is 14.4. The van der Waals surface area contributed by atoms with Crippen LogP contribution in [0.15, 0.2) is 78.9 Å². The number of nitrogens with one attached hydrogen (secondary N) is 2. The zero-order valence-corrected chi connectivity index (χ0v) is 16.9. The van der Waals surface area contributed by atoms with Gasteiger partial charge in [0.25, 0.3) is 0 Å². The second-order valence-electron chi connectivity index (χ2n) is 7.14. The smallest absolute Gasteiger partial charge is 0.246 e. The highest BCUT2D eigenvalue weighted by Gasteiger charge is 2.26. The molecule has 0 aliphatic carbocycles. The van der Waals surface area contributed by atoms with Crippen LogP contribution in [0, 0.1) is 12.7 Å². The normalized spacial score (nSPS) is 11.7. The number of benzene rings is 3. The minimum atomic E-state index is -0.694. The van der Waals surface area contributed by atoms with Crippen molar-refractivity contribution in [2.24, 2.45) is 0 Å². The Hall–Kier alpha value is -3.51. The number of hydrogen-bond acceptors (Lipinski definition) is 3. The van der Waals surface area contributed by atoms with E-state index in [9.17, 15) is 14.0 Å². The fourth-order valence-corrected chi connectivity index (χ4v) is 3.14. The minimum absolute atomic E-state index is 0.0181. The summed E-state index contributed by atoms with van der Waals surface area (Å²) in [6.07, 6.45) is 0. The van der Waals surface area contributed by atoms with Gasteiger partial charge in [0, 0.05) is 11.4 Å². The third kappa shape index (κ3) is 5.75. The number of rotatable bonds is 7. The average Bonchev–Trinajstić information content (AvgIpc) is 2.72. The van der Waals surface area contributed by atoms with E-state index in [1.165, 1.54) is 24.3 Å². The van der Waals surface area contributed by atoms with Crippen molar-refractivity contribution in [1.29, 1.82) is 0 Å². The van der Waals surface area contributed by atoms with Crippen molar-refractivity contribution in [2.45, 2.75) is 13.0 Å². The molecule has 2 amide bonds. The van der Waals surface area contributed by atoms with Gasteiger partial charge >= 0.3 is 0 Å². The van der Waals surface area contributed by atoms with Gasteiger partial charge in [0.1, 0.15) is 11.9 Å². The lowest BCUT2D eigenvalue weighted by molar-refractivity contribution is -0.123. The highest BCUT2D eigenvalue weighted by molar-refractivity contribution is 5.97. The maximum Gasteiger partial charge on any atom is 0.246 e. The molecule has 2 N–H and O–H groups in total. The fourth-order valence-electron chi connectivity index (χ4n) is 3.14. The molecule has 1 atom stereocenters. The molecule has 30 heavy (non-hydrogen) atoms. The maximum atomic E-state index is 13.2. The van der Waals surface area contributed by atoms with Crippen LogP contribution in [-0.2, 0) is 9.59 Å². The molecule has 0 spiro atoms. The van der Waals surface area contributed by atoms with E-state index in [1.807, 2.05) is 61.5 Å². The molecular weight excluding hydrogens is 381 g/mol. The van der Waals surface area contributed by atoms with Gasteiger partial charge in [-0.1, -0.05) is 48.0 Å². The number of halogens is 1. The first-order valence-electron chi connectivity index (χ1n) is 9.60. The third-order valence-corrected chi connectivity index (χ3v) is 4.64. The maximum absolute atomic E-state index is 13.2. The van der Waals surface area contributed by atoms with Gasteiger partial charge in [-0.15, -0.1) is 0 Å². The molecule has 3 rings (SSSR count). The van der Waals surface area contributed by atoms with E-state index < -0.39 is 6.04 Å². The minimum Gasteiger partial charge on any atom is -0.325 e. The SMILES string of the molecule is Cc1ccc(NC(=O)CN(C)[C@H](C(=O)Nc2ccc(F)cc2)c2ccccc2)cc1. The van der Waals surface area contributed by atoms with Gasteiger partial charge in [-0.25, -0.2) is 4.39 Å². The molecule has 0 aromatic heterocycles. The Kier molecular flexibility index (Phi) is 6.93. The lowest BCUT2D eigenvalue weighted by atomic mass is 10.0. The molecule has 0 aliphatic rings. The van der Waals surface area contributed by atoms with Crippen molar-refractivity contribution in [1.82, 2.24) is 4.90 Å². The number of aryl methyl sites for hydroxylation is 1. The highest BCUT2D eigenvalue weighted by Crippen LogP contribution is 2.22. The summed E-state index contributed by atoms with van der Waals surface area (Å²) < 4.78 is 13.2. The van der Waals surface area contributed by atoms with Crippen LogP contribution in [0.4, 0.5) is 15.8 Å². The summed E-state index contributed by atoms with van der Waals surface area (Å²) in [6, 6.07) is 21.6. The van der Waals surface area contributed by atoms with Crippen LogP contribution in [0.25, 0.3) is 0 Å². The third-order valence-electron chi connectivity index (χ3n) is 4.64. The van der Waals surface area contributed by atoms with Gasteiger partial charge in [-0.2, -0.15) is 0 Å². The average molecular weight is 405 g/mol. The van der Waals surface area contributed by atoms with Crippen molar-refractivity contribution in [3.8, 4) is 0 Å². The van der Waals surface area contributed by atoms with E-state index in [-0.39, 0.29) is 24.2 Å². The van der Waals surface area contributed by atoms with Gasteiger partial charge in [0.15, 0.2) is 0 Å². The Labute approximate surface area is 175 Å². The molecule has 0 fully saturated rings. The lowest BCUT2D eigenvalue weighted by Gasteiger charge is -2.27. The largest absolute Gasteiger partial charge is 0.325 e.